The van der Waals surface area contributed by atoms with Gasteiger partial charge in [0.05, 0.1) is 12.2 Å². The predicted octanol–water partition coefficient (Wildman–Crippen LogP) is 3.16. The normalized spacial score (nSPS) is 31.5. The van der Waals surface area contributed by atoms with Crippen LogP contribution in [-0.2, 0) is 4.74 Å². The zero-order valence-electron chi connectivity index (χ0n) is 8.87. The van der Waals surface area contributed by atoms with Gasteiger partial charge in [-0.25, -0.2) is 4.98 Å². The molecular formula is C10H15ClN2OS. The van der Waals surface area contributed by atoms with Gasteiger partial charge < -0.3 is 10.1 Å². The van der Waals surface area contributed by atoms with Crippen LogP contribution in [0.3, 0.4) is 0 Å². The highest BCUT2D eigenvalue weighted by Gasteiger charge is 2.24. The largest absolute Gasteiger partial charge is 0.375 e. The first kappa shape index (κ1) is 11.2. The summed E-state index contributed by atoms with van der Waals surface area (Å²) in [6.07, 6.45) is 2.70. The van der Waals surface area contributed by atoms with Crippen LogP contribution in [0.25, 0.3) is 0 Å². The van der Waals surface area contributed by atoms with E-state index in [1.54, 1.807) is 11.3 Å². The molecule has 1 aliphatic rings. The molecule has 0 amide bonds. The van der Waals surface area contributed by atoms with Gasteiger partial charge in [0.15, 0.2) is 5.13 Å². The number of ether oxygens (including phenoxy) is 1. The van der Waals surface area contributed by atoms with Crippen molar-refractivity contribution in [3.8, 4) is 0 Å². The van der Waals surface area contributed by atoms with Crippen LogP contribution < -0.4 is 5.32 Å². The molecule has 84 valence electrons. The van der Waals surface area contributed by atoms with Crippen LogP contribution in [-0.4, -0.2) is 23.2 Å². The molecule has 15 heavy (non-hydrogen) atoms. The number of hydrogen-bond acceptors (Lipinski definition) is 4. The second-order valence-corrected chi connectivity index (χ2v) is 5.29. The molecule has 1 saturated heterocycles. The van der Waals surface area contributed by atoms with E-state index in [-0.39, 0.29) is 0 Å². The summed E-state index contributed by atoms with van der Waals surface area (Å²) in [5, 5.41) is 6.72. The van der Waals surface area contributed by atoms with Crippen molar-refractivity contribution in [3.05, 3.63) is 10.5 Å². The number of thiazole rings is 1. The topological polar surface area (TPSA) is 34.2 Å². The van der Waals surface area contributed by atoms with Crippen molar-refractivity contribution < 1.29 is 4.74 Å². The minimum absolute atomic E-state index is 0.321. The summed E-state index contributed by atoms with van der Waals surface area (Å²) in [5.41, 5.74) is 0. The SMILES string of the molecule is CC1CC(Nc2nc(Cl)cs2)CC(C)O1. The first-order valence-electron chi connectivity index (χ1n) is 5.16. The van der Waals surface area contributed by atoms with E-state index in [9.17, 15) is 0 Å². The summed E-state index contributed by atoms with van der Waals surface area (Å²) < 4.78 is 5.68. The fourth-order valence-corrected chi connectivity index (χ4v) is 2.93. The third-order valence-corrected chi connectivity index (χ3v) is 3.60. The van der Waals surface area contributed by atoms with Crippen LogP contribution in [0.4, 0.5) is 5.13 Å². The summed E-state index contributed by atoms with van der Waals surface area (Å²) in [7, 11) is 0. The maximum absolute atomic E-state index is 5.77. The zero-order valence-corrected chi connectivity index (χ0v) is 10.4. The highest BCUT2D eigenvalue weighted by molar-refractivity contribution is 7.14. The molecular weight excluding hydrogens is 232 g/mol. The van der Waals surface area contributed by atoms with Crippen LogP contribution in [0.1, 0.15) is 26.7 Å². The van der Waals surface area contributed by atoms with Crippen LogP contribution in [0, 0.1) is 0 Å². The Labute approximate surface area is 98.8 Å². The summed E-state index contributed by atoms with van der Waals surface area (Å²) in [5.74, 6) is 0. The van der Waals surface area contributed by atoms with Crippen molar-refractivity contribution in [2.24, 2.45) is 0 Å². The van der Waals surface area contributed by atoms with Crippen molar-refractivity contribution in [1.29, 1.82) is 0 Å². The Morgan fingerprint density at radius 3 is 2.67 bits per heavy atom. The van der Waals surface area contributed by atoms with Gasteiger partial charge in [-0.1, -0.05) is 11.6 Å². The Bertz CT molecular complexity index is 321. The Morgan fingerprint density at radius 2 is 2.13 bits per heavy atom. The molecule has 2 unspecified atom stereocenters. The molecule has 5 heteroatoms. The number of hydrogen-bond donors (Lipinski definition) is 1. The van der Waals surface area contributed by atoms with Crippen molar-refractivity contribution in [3.63, 3.8) is 0 Å². The van der Waals surface area contributed by atoms with Crippen LogP contribution in [0.2, 0.25) is 5.15 Å². The molecule has 2 atom stereocenters. The highest BCUT2D eigenvalue weighted by atomic mass is 35.5. The van der Waals surface area contributed by atoms with E-state index < -0.39 is 0 Å². The van der Waals surface area contributed by atoms with E-state index in [1.165, 1.54) is 0 Å². The van der Waals surface area contributed by atoms with Gasteiger partial charge in [0.25, 0.3) is 0 Å². The Hall–Kier alpha value is -0.320. The zero-order chi connectivity index (χ0) is 10.8. The molecule has 1 aromatic heterocycles. The lowest BCUT2D eigenvalue weighted by molar-refractivity contribution is -0.0337. The van der Waals surface area contributed by atoms with E-state index >= 15 is 0 Å². The molecule has 0 aliphatic carbocycles. The van der Waals surface area contributed by atoms with Crippen LogP contribution in [0.15, 0.2) is 5.38 Å². The van der Waals surface area contributed by atoms with Crippen LogP contribution >= 0.6 is 22.9 Å². The maximum atomic E-state index is 5.77. The molecule has 0 bridgehead atoms. The monoisotopic (exact) mass is 246 g/mol. The fraction of sp³-hybridized carbons (Fsp3) is 0.700. The lowest BCUT2D eigenvalue weighted by Crippen LogP contribution is -2.36. The second-order valence-electron chi connectivity index (χ2n) is 4.05. The number of rotatable bonds is 2. The summed E-state index contributed by atoms with van der Waals surface area (Å²) in [6, 6.07) is 0.450. The van der Waals surface area contributed by atoms with E-state index in [0.717, 1.165) is 18.0 Å². The Morgan fingerprint density at radius 1 is 1.47 bits per heavy atom. The molecule has 3 nitrogen and oxygen atoms in total. The van der Waals surface area contributed by atoms with Crippen molar-refractivity contribution in [1.82, 2.24) is 4.98 Å². The average molecular weight is 247 g/mol. The summed E-state index contributed by atoms with van der Waals surface area (Å²) >= 11 is 7.32. The average Bonchev–Trinajstić information content (AvgIpc) is 2.49. The van der Waals surface area contributed by atoms with Gasteiger partial charge in [0, 0.05) is 11.4 Å². The Kier molecular flexibility index (Phi) is 3.49. The van der Waals surface area contributed by atoms with Crippen molar-refractivity contribution >= 4 is 28.1 Å². The lowest BCUT2D eigenvalue weighted by Gasteiger charge is -2.32. The van der Waals surface area contributed by atoms with Gasteiger partial charge in [0.2, 0.25) is 0 Å². The standard InChI is InChI=1S/C10H15ClN2OS/c1-6-3-8(4-7(2)14-6)12-10-13-9(11)5-15-10/h5-8H,3-4H2,1-2H3,(H,12,13). The molecule has 0 spiro atoms. The first-order chi connectivity index (χ1) is 7.13. The molecule has 0 aromatic carbocycles. The second kappa shape index (κ2) is 4.68. The Balaban J connectivity index is 1.94. The molecule has 0 saturated carbocycles. The first-order valence-corrected chi connectivity index (χ1v) is 6.42. The number of nitrogens with zero attached hydrogens (tertiary/aromatic N) is 1. The fourth-order valence-electron chi connectivity index (χ4n) is 2.02. The molecule has 2 rings (SSSR count). The minimum atomic E-state index is 0.321. The van der Waals surface area contributed by atoms with Gasteiger partial charge in [-0.3, -0.25) is 0 Å². The smallest absolute Gasteiger partial charge is 0.184 e. The molecule has 0 radical (unpaired) electrons. The number of aromatic nitrogens is 1. The molecule has 1 aromatic rings. The summed E-state index contributed by atoms with van der Waals surface area (Å²) in [4.78, 5) is 4.19. The molecule has 1 fully saturated rings. The van der Waals surface area contributed by atoms with Gasteiger partial charge in [-0.05, 0) is 26.7 Å². The summed E-state index contributed by atoms with van der Waals surface area (Å²) in [6.45, 7) is 4.22. The maximum Gasteiger partial charge on any atom is 0.184 e. The third kappa shape index (κ3) is 3.06. The van der Waals surface area contributed by atoms with E-state index in [1.807, 2.05) is 5.38 Å². The van der Waals surface area contributed by atoms with E-state index in [0.29, 0.717) is 23.4 Å². The number of anilines is 1. The van der Waals surface area contributed by atoms with Crippen molar-refractivity contribution in [2.45, 2.75) is 44.9 Å². The van der Waals surface area contributed by atoms with Crippen LogP contribution in [0.5, 0.6) is 0 Å². The number of nitrogens with one attached hydrogen (secondary N) is 1. The van der Waals surface area contributed by atoms with Gasteiger partial charge in [-0.2, -0.15) is 0 Å². The van der Waals surface area contributed by atoms with Gasteiger partial charge in [0.1, 0.15) is 5.15 Å². The molecule has 1 N–H and O–H groups in total. The lowest BCUT2D eigenvalue weighted by atomic mass is 10.0. The van der Waals surface area contributed by atoms with Gasteiger partial charge in [-0.15, -0.1) is 11.3 Å². The van der Waals surface area contributed by atoms with E-state index in [2.05, 4.69) is 24.1 Å². The molecule has 2 heterocycles. The van der Waals surface area contributed by atoms with Gasteiger partial charge >= 0.3 is 0 Å². The number of halogens is 1. The molecule has 1 aliphatic heterocycles. The van der Waals surface area contributed by atoms with E-state index in [4.69, 9.17) is 16.3 Å². The minimum Gasteiger partial charge on any atom is -0.375 e. The highest BCUT2D eigenvalue weighted by Crippen LogP contribution is 2.25. The quantitative estimate of drug-likeness (QED) is 0.871. The van der Waals surface area contributed by atoms with Crippen molar-refractivity contribution in [2.75, 3.05) is 5.32 Å². The predicted molar refractivity (Wildman–Crippen MR) is 63.8 cm³/mol. The third-order valence-electron chi connectivity index (χ3n) is 2.50.